The van der Waals surface area contributed by atoms with Gasteiger partial charge in [-0.25, -0.2) is 22.6 Å². The average Bonchev–Trinajstić information content (AvgIpc) is 3.24. The maximum absolute atomic E-state index is 13.4. The molecule has 34 heavy (non-hydrogen) atoms. The quantitative estimate of drug-likeness (QED) is 0.500. The predicted octanol–water partition coefficient (Wildman–Crippen LogP) is 4.66. The number of aromatic nitrogens is 3. The summed E-state index contributed by atoms with van der Waals surface area (Å²) in [6, 6.07) is 6.80. The number of carbonyl (C=O) groups is 2. The molecule has 3 rings (SSSR count). The zero-order valence-electron chi connectivity index (χ0n) is 20.6. The van der Waals surface area contributed by atoms with E-state index in [2.05, 4.69) is 10.2 Å². The Morgan fingerprint density at radius 2 is 1.76 bits per heavy atom. The monoisotopic (exact) mass is 489 g/mol. The van der Waals surface area contributed by atoms with Crippen LogP contribution < -0.4 is 0 Å². The molecule has 0 aliphatic carbocycles. The zero-order chi connectivity index (χ0) is 25.4. The van der Waals surface area contributed by atoms with Gasteiger partial charge in [-0.2, -0.15) is 5.10 Å². The van der Waals surface area contributed by atoms with E-state index in [1.807, 2.05) is 13.8 Å². The SMILES string of the molecule is CCOC(=O)c1c(-c2ccc(CS(C)(=O)=O)cc2)c2[nH]nc(C(C)C)c2n1C(=O)OC(C)(C)C. The van der Waals surface area contributed by atoms with Crippen LogP contribution in [0.25, 0.3) is 22.2 Å². The van der Waals surface area contributed by atoms with Crippen molar-refractivity contribution in [2.75, 3.05) is 12.9 Å². The van der Waals surface area contributed by atoms with Gasteiger partial charge in [-0.1, -0.05) is 38.1 Å². The van der Waals surface area contributed by atoms with E-state index in [4.69, 9.17) is 9.47 Å². The van der Waals surface area contributed by atoms with E-state index < -0.39 is 27.5 Å². The van der Waals surface area contributed by atoms with Crippen LogP contribution in [-0.4, -0.2) is 53.7 Å². The number of nitrogens with zero attached hydrogens (tertiary/aromatic N) is 2. The number of esters is 1. The first-order valence-corrected chi connectivity index (χ1v) is 13.1. The lowest BCUT2D eigenvalue weighted by Gasteiger charge is -2.21. The van der Waals surface area contributed by atoms with Crippen molar-refractivity contribution >= 4 is 32.9 Å². The van der Waals surface area contributed by atoms with E-state index >= 15 is 0 Å². The highest BCUT2D eigenvalue weighted by atomic mass is 32.2. The summed E-state index contributed by atoms with van der Waals surface area (Å²) in [4.78, 5) is 26.5. The first kappa shape index (κ1) is 25.5. The largest absolute Gasteiger partial charge is 0.461 e. The average molecular weight is 490 g/mol. The van der Waals surface area contributed by atoms with Crippen molar-refractivity contribution in [3.05, 3.63) is 41.2 Å². The number of fused-ring (bicyclic) bond motifs is 1. The third-order valence-electron chi connectivity index (χ3n) is 4.96. The van der Waals surface area contributed by atoms with Crippen molar-refractivity contribution in [3.63, 3.8) is 0 Å². The number of hydrogen-bond donors (Lipinski definition) is 1. The highest BCUT2D eigenvalue weighted by Crippen LogP contribution is 2.38. The summed E-state index contributed by atoms with van der Waals surface area (Å²) in [5, 5.41) is 7.39. The van der Waals surface area contributed by atoms with Crippen molar-refractivity contribution in [1.82, 2.24) is 14.8 Å². The molecule has 0 unspecified atom stereocenters. The van der Waals surface area contributed by atoms with Gasteiger partial charge in [-0.05, 0) is 44.7 Å². The molecule has 0 aliphatic heterocycles. The minimum absolute atomic E-state index is 0.0255. The van der Waals surface area contributed by atoms with Gasteiger partial charge in [-0.3, -0.25) is 5.10 Å². The second-order valence-corrected chi connectivity index (χ2v) is 11.7. The van der Waals surface area contributed by atoms with Crippen LogP contribution in [0.1, 0.15) is 69.2 Å². The molecule has 0 amide bonds. The van der Waals surface area contributed by atoms with Gasteiger partial charge < -0.3 is 9.47 Å². The van der Waals surface area contributed by atoms with E-state index in [9.17, 15) is 18.0 Å². The van der Waals surface area contributed by atoms with Crippen LogP contribution in [0.2, 0.25) is 0 Å². The van der Waals surface area contributed by atoms with Crippen LogP contribution in [0.15, 0.2) is 24.3 Å². The molecule has 0 fully saturated rings. The van der Waals surface area contributed by atoms with E-state index in [-0.39, 0.29) is 24.0 Å². The third-order valence-corrected chi connectivity index (χ3v) is 5.82. The van der Waals surface area contributed by atoms with Crippen LogP contribution in [0.4, 0.5) is 4.79 Å². The fraction of sp³-hybridized carbons (Fsp3) is 0.458. The maximum atomic E-state index is 13.4. The van der Waals surface area contributed by atoms with Crippen LogP contribution in [-0.2, 0) is 25.1 Å². The second kappa shape index (κ2) is 9.25. The van der Waals surface area contributed by atoms with Gasteiger partial charge >= 0.3 is 12.1 Å². The number of benzene rings is 1. The molecule has 0 aliphatic rings. The summed E-state index contributed by atoms with van der Waals surface area (Å²) >= 11 is 0. The molecule has 1 N–H and O–H groups in total. The highest BCUT2D eigenvalue weighted by molar-refractivity contribution is 7.89. The van der Waals surface area contributed by atoms with Gasteiger partial charge in [-0.15, -0.1) is 0 Å². The molecular formula is C24H31N3O6S. The third kappa shape index (κ3) is 5.32. The summed E-state index contributed by atoms with van der Waals surface area (Å²) in [5.41, 5.74) is 2.42. The van der Waals surface area contributed by atoms with E-state index in [0.717, 1.165) is 0 Å². The molecular weight excluding hydrogens is 458 g/mol. The Morgan fingerprint density at radius 1 is 1.15 bits per heavy atom. The van der Waals surface area contributed by atoms with Crippen LogP contribution >= 0.6 is 0 Å². The van der Waals surface area contributed by atoms with Gasteiger partial charge in [0.15, 0.2) is 9.84 Å². The molecule has 0 spiro atoms. The lowest BCUT2D eigenvalue weighted by atomic mass is 10.0. The van der Waals surface area contributed by atoms with E-state index in [1.54, 1.807) is 52.0 Å². The number of carbonyl (C=O) groups excluding carboxylic acids is 2. The van der Waals surface area contributed by atoms with Crippen molar-refractivity contribution in [2.24, 2.45) is 0 Å². The molecule has 1 aromatic carbocycles. The Kier molecular flexibility index (Phi) is 6.93. The fourth-order valence-electron chi connectivity index (χ4n) is 3.73. The van der Waals surface area contributed by atoms with Crippen molar-refractivity contribution < 1.29 is 27.5 Å². The van der Waals surface area contributed by atoms with Gasteiger partial charge in [0.1, 0.15) is 16.8 Å². The molecule has 2 heterocycles. The van der Waals surface area contributed by atoms with Gasteiger partial charge in [0.2, 0.25) is 0 Å². The Bertz CT molecular complexity index is 1330. The fourth-order valence-corrected chi connectivity index (χ4v) is 4.53. The lowest BCUT2D eigenvalue weighted by Crippen LogP contribution is -2.29. The molecule has 9 nitrogen and oxygen atoms in total. The predicted molar refractivity (Wildman–Crippen MR) is 130 cm³/mol. The van der Waals surface area contributed by atoms with Crippen molar-refractivity contribution in [2.45, 2.75) is 58.8 Å². The second-order valence-electron chi connectivity index (χ2n) is 9.51. The molecule has 0 saturated carbocycles. The summed E-state index contributed by atoms with van der Waals surface area (Å²) < 4.78 is 35.5. The summed E-state index contributed by atoms with van der Waals surface area (Å²) in [6.07, 6.45) is 0.450. The van der Waals surface area contributed by atoms with Gasteiger partial charge in [0.05, 0.1) is 23.6 Å². The molecule has 0 radical (unpaired) electrons. The molecule has 0 saturated heterocycles. The molecule has 10 heteroatoms. The van der Waals surface area contributed by atoms with Crippen molar-refractivity contribution in [3.8, 4) is 11.1 Å². The standard InChI is InChI=1S/C24H31N3O6S/c1-8-32-22(28)20-17(16-11-9-15(10-12-16)13-34(7,30)31)19-21(18(14(2)3)25-26-19)27(20)23(29)33-24(4,5)6/h9-12,14H,8,13H2,1-7H3,(H,25,26). The van der Waals surface area contributed by atoms with Crippen LogP contribution in [0.5, 0.6) is 0 Å². The summed E-state index contributed by atoms with van der Waals surface area (Å²) in [6.45, 7) is 10.9. The molecule has 2 aromatic heterocycles. The van der Waals surface area contributed by atoms with E-state index in [1.165, 1.54) is 10.8 Å². The molecule has 0 atom stereocenters. The minimum Gasteiger partial charge on any atom is -0.461 e. The minimum atomic E-state index is -3.20. The molecule has 3 aromatic rings. The normalized spacial score (nSPS) is 12.4. The number of rotatable bonds is 6. The topological polar surface area (TPSA) is 120 Å². The lowest BCUT2D eigenvalue weighted by molar-refractivity contribution is 0.0454. The number of hydrogen-bond acceptors (Lipinski definition) is 7. The number of nitrogens with one attached hydrogen (secondary N) is 1. The maximum Gasteiger partial charge on any atom is 0.419 e. The summed E-state index contributed by atoms with van der Waals surface area (Å²) in [5.74, 6) is -0.832. The Morgan fingerprint density at radius 3 is 2.26 bits per heavy atom. The Balaban J connectivity index is 2.34. The molecule has 0 bridgehead atoms. The van der Waals surface area contributed by atoms with Crippen LogP contribution in [0.3, 0.4) is 0 Å². The Hall–Kier alpha value is -3.14. The zero-order valence-corrected chi connectivity index (χ0v) is 21.4. The van der Waals surface area contributed by atoms with Crippen LogP contribution in [0, 0.1) is 0 Å². The smallest absolute Gasteiger partial charge is 0.419 e. The Labute approximate surface area is 199 Å². The highest BCUT2D eigenvalue weighted by Gasteiger charge is 2.34. The first-order valence-electron chi connectivity index (χ1n) is 11.0. The van der Waals surface area contributed by atoms with E-state index in [0.29, 0.717) is 33.4 Å². The number of ether oxygens (including phenoxy) is 2. The molecule has 184 valence electrons. The number of sulfone groups is 1. The first-order chi connectivity index (χ1) is 15.7. The number of aromatic amines is 1. The van der Waals surface area contributed by atoms with Gasteiger partial charge in [0, 0.05) is 11.8 Å². The van der Waals surface area contributed by atoms with Crippen molar-refractivity contribution in [1.29, 1.82) is 0 Å². The van der Waals surface area contributed by atoms with Gasteiger partial charge in [0.25, 0.3) is 0 Å². The summed E-state index contributed by atoms with van der Waals surface area (Å²) in [7, 11) is -3.20. The number of H-pyrrole nitrogens is 1.